The standard InChI is InChI=1S/C18H19ClN2O2/c1-12-7-17-18(8-13(12)2)21(11-20-17)9-15(22)10-23-16-5-3-14(19)4-6-16/h3-8,11,15,22H,9-10H2,1-2H3/t15-/m1/s1. The Morgan fingerprint density at radius 2 is 1.87 bits per heavy atom. The van der Waals surface area contributed by atoms with Crippen LogP contribution < -0.4 is 4.74 Å². The summed E-state index contributed by atoms with van der Waals surface area (Å²) in [5.74, 6) is 0.690. The minimum absolute atomic E-state index is 0.214. The first-order valence-electron chi connectivity index (χ1n) is 7.51. The molecule has 120 valence electrons. The van der Waals surface area contributed by atoms with Crippen LogP contribution in [0.25, 0.3) is 11.0 Å². The lowest BCUT2D eigenvalue weighted by molar-refractivity contribution is 0.0934. The first kappa shape index (κ1) is 15.8. The molecule has 1 N–H and O–H groups in total. The van der Waals surface area contributed by atoms with Gasteiger partial charge in [-0.05, 0) is 61.4 Å². The molecule has 0 aliphatic rings. The second-order valence-electron chi connectivity index (χ2n) is 5.74. The van der Waals surface area contributed by atoms with Gasteiger partial charge in [-0.1, -0.05) is 11.6 Å². The highest BCUT2D eigenvalue weighted by molar-refractivity contribution is 6.30. The molecule has 23 heavy (non-hydrogen) atoms. The summed E-state index contributed by atoms with van der Waals surface area (Å²) in [5.41, 5.74) is 4.40. The van der Waals surface area contributed by atoms with E-state index in [0.717, 1.165) is 11.0 Å². The second kappa shape index (κ2) is 6.60. The molecule has 0 radical (unpaired) electrons. The zero-order valence-electron chi connectivity index (χ0n) is 13.2. The molecule has 0 saturated carbocycles. The third-order valence-electron chi connectivity index (χ3n) is 3.90. The van der Waals surface area contributed by atoms with Crippen molar-refractivity contribution in [3.63, 3.8) is 0 Å². The van der Waals surface area contributed by atoms with Crippen molar-refractivity contribution in [2.45, 2.75) is 26.5 Å². The summed E-state index contributed by atoms with van der Waals surface area (Å²) in [4.78, 5) is 4.40. The normalized spacial score (nSPS) is 12.5. The van der Waals surface area contributed by atoms with Gasteiger partial charge in [0.1, 0.15) is 18.5 Å². The van der Waals surface area contributed by atoms with E-state index in [-0.39, 0.29) is 6.61 Å². The van der Waals surface area contributed by atoms with Crippen LogP contribution in [0.15, 0.2) is 42.7 Å². The Morgan fingerprint density at radius 3 is 2.61 bits per heavy atom. The van der Waals surface area contributed by atoms with Crippen LogP contribution in [0.4, 0.5) is 0 Å². The van der Waals surface area contributed by atoms with Gasteiger partial charge in [0.25, 0.3) is 0 Å². The molecule has 0 spiro atoms. The molecule has 1 aromatic heterocycles. The van der Waals surface area contributed by atoms with Crippen molar-refractivity contribution in [2.75, 3.05) is 6.61 Å². The molecule has 1 atom stereocenters. The van der Waals surface area contributed by atoms with Gasteiger partial charge in [0.2, 0.25) is 0 Å². The van der Waals surface area contributed by atoms with E-state index in [1.54, 1.807) is 30.6 Å². The number of benzene rings is 2. The zero-order valence-corrected chi connectivity index (χ0v) is 13.9. The van der Waals surface area contributed by atoms with Gasteiger partial charge in [0.15, 0.2) is 0 Å². The SMILES string of the molecule is Cc1cc2ncn(C[C@@H](O)COc3ccc(Cl)cc3)c2cc1C. The summed E-state index contributed by atoms with van der Waals surface area (Å²) in [6.45, 7) is 4.80. The summed E-state index contributed by atoms with van der Waals surface area (Å²) in [6.07, 6.45) is 1.14. The Kier molecular flexibility index (Phi) is 4.55. The molecule has 0 unspecified atom stereocenters. The minimum Gasteiger partial charge on any atom is -0.491 e. The van der Waals surface area contributed by atoms with E-state index in [9.17, 15) is 5.11 Å². The van der Waals surface area contributed by atoms with Crippen LogP contribution in [-0.2, 0) is 6.54 Å². The molecule has 0 amide bonds. The minimum atomic E-state index is -0.621. The molecular weight excluding hydrogens is 312 g/mol. The van der Waals surface area contributed by atoms with Crippen molar-refractivity contribution >= 4 is 22.6 Å². The third-order valence-corrected chi connectivity index (χ3v) is 4.15. The number of aromatic nitrogens is 2. The topological polar surface area (TPSA) is 47.3 Å². The van der Waals surface area contributed by atoms with Gasteiger partial charge < -0.3 is 14.4 Å². The van der Waals surface area contributed by atoms with Gasteiger partial charge in [-0.15, -0.1) is 0 Å². The highest BCUT2D eigenvalue weighted by Gasteiger charge is 2.10. The maximum absolute atomic E-state index is 10.2. The van der Waals surface area contributed by atoms with E-state index in [1.807, 2.05) is 4.57 Å². The van der Waals surface area contributed by atoms with Crippen LogP contribution in [0.2, 0.25) is 5.02 Å². The van der Waals surface area contributed by atoms with Crippen molar-refractivity contribution < 1.29 is 9.84 Å². The van der Waals surface area contributed by atoms with Gasteiger partial charge in [-0.3, -0.25) is 0 Å². The van der Waals surface area contributed by atoms with Crippen LogP contribution in [0, 0.1) is 13.8 Å². The predicted molar refractivity (Wildman–Crippen MR) is 92.2 cm³/mol. The number of rotatable bonds is 5. The van der Waals surface area contributed by atoms with Gasteiger partial charge >= 0.3 is 0 Å². The van der Waals surface area contributed by atoms with E-state index < -0.39 is 6.10 Å². The van der Waals surface area contributed by atoms with E-state index in [1.165, 1.54) is 11.1 Å². The smallest absolute Gasteiger partial charge is 0.119 e. The van der Waals surface area contributed by atoms with Crippen molar-refractivity contribution in [1.29, 1.82) is 0 Å². The molecule has 5 heteroatoms. The Bertz CT molecular complexity index is 812. The highest BCUT2D eigenvalue weighted by Crippen LogP contribution is 2.19. The van der Waals surface area contributed by atoms with Crippen LogP contribution >= 0.6 is 11.6 Å². The molecule has 3 rings (SSSR count). The third kappa shape index (κ3) is 3.66. The van der Waals surface area contributed by atoms with Gasteiger partial charge in [0.05, 0.1) is 23.9 Å². The summed E-state index contributed by atoms with van der Waals surface area (Å²) in [5, 5.41) is 10.9. The second-order valence-corrected chi connectivity index (χ2v) is 6.18. The Labute approximate surface area is 140 Å². The van der Waals surface area contributed by atoms with Gasteiger partial charge in [-0.2, -0.15) is 0 Å². The number of nitrogens with zero attached hydrogens (tertiary/aromatic N) is 2. The van der Waals surface area contributed by atoms with E-state index in [4.69, 9.17) is 16.3 Å². The lowest BCUT2D eigenvalue weighted by Crippen LogP contribution is -2.23. The number of halogens is 1. The molecule has 4 nitrogen and oxygen atoms in total. The predicted octanol–water partition coefficient (Wildman–Crippen LogP) is 3.75. The number of hydrogen-bond acceptors (Lipinski definition) is 3. The Morgan fingerprint density at radius 1 is 1.17 bits per heavy atom. The summed E-state index contributed by atoms with van der Waals surface area (Å²) < 4.78 is 7.54. The van der Waals surface area contributed by atoms with Crippen LogP contribution in [-0.4, -0.2) is 27.4 Å². The first-order chi connectivity index (χ1) is 11.0. The fourth-order valence-corrected chi connectivity index (χ4v) is 2.59. The van der Waals surface area contributed by atoms with E-state index in [2.05, 4.69) is 31.0 Å². The highest BCUT2D eigenvalue weighted by atomic mass is 35.5. The molecule has 0 aliphatic carbocycles. The number of hydrogen-bond donors (Lipinski definition) is 1. The van der Waals surface area contributed by atoms with Crippen molar-refractivity contribution in [3.8, 4) is 5.75 Å². The average Bonchev–Trinajstić information content (AvgIpc) is 2.89. The number of aliphatic hydroxyl groups excluding tert-OH is 1. The van der Waals surface area contributed by atoms with E-state index in [0.29, 0.717) is 17.3 Å². The average molecular weight is 331 g/mol. The summed E-state index contributed by atoms with van der Waals surface area (Å²) >= 11 is 5.83. The molecule has 1 heterocycles. The molecule has 0 fully saturated rings. The fourth-order valence-electron chi connectivity index (χ4n) is 2.46. The number of aliphatic hydroxyl groups is 1. The quantitative estimate of drug-likeness (QED) is 0.775. The molecule has 2 aromatic carbocycles. The fraction of sp³-hybridized carbons (Fsp3) is 0.278. The van der Waals surface area contributed by atoms with Crippen molar-refractivity contribution in [2.24, 2.45) is 0 Å². The maximum Gasteiger partial charge on any atom is 0.119 e. The lowest BCUT2D eigenvalue weighted by Gasteiger charge is -2.14. The first-order valence-corrected chi connectivity index (χ1v) is 7.89. The molecule has 0 saturated heterocycles. The Balaban J connectivity index is 1.67. The number of ether oxygens (including phenoxy) is 1. The maximum atomic E-state index is 10.2. The molecule has 3 aromatic rings. The molecule has 0 bridgehead atoms. The van der Waals surface area contributed by atoms with Crippen LogP contribution in [0.1, 0.15) is 11.1 Å². The van der Waals surface area contributed by atoms with Crippen molar-refractivity contribution in [1.82, 2.24) is 9.55 Å². The van der Waals surface area contributed by atoms with Gasteiger partial charge in [-0.25, -0.2) is 4.98 Å². The molecular formula is C18H19ClN2O2. The lowest BCUT2D eigenvalue weighted by atomic mass is 10.1. The van der Waals surface area contributed by atoms with E-state index >= 15 is 0 Å². The number of fused-ring (bicyclic) bond motifs is 1. The summed E-state index contributed by atoms with van der Waals surface area (Å²) in [7, 11) is 0. The van der Waals surface area contributed by atoms with Crippen LogP contribution in [0.3, 0.4) is 0 Å². The zero-order chi connectivity index (χ0) is 16.4. The van der Waals surface area contributed by atoms with Crippen molar-refractivity contribution in [3.05, 3.63) is 58.9 Å². The Hall–Kier alpha value is -2.04. The van der Waals surface area contributed by atoms with Crippen LogP contribution in [0.5, 0.6) is 5.75 Å². The largest absolute Gasteiger partial charge is 0.491 e. The van der Waals surface area contributed by atoms with Gasteiger partial charge in [0, 0.05) is 5.02 Å². The number of imidazole rings is 1. The molecule has 0 aliphatic heterocycles. The monoisotopic (exact) mass is 330 g/mol. The summed E-state index contributed by atoms with van der Waals surface area (Å²) in [6, 6.07) is 11.3. The number of aryl methyl sites for hydroxylation is 2.